The van der Waals surface area contributed by atoms with E-state index in [0.29, 0.717) is 11.4 Å². The Hall–Kier alpha value is -1.23. The lowest BCUT2D eigenvalue weighted by molar-refractivity contribution is -0.128. The number of hydrogen-bond acceptors (Lipinski definition) is 3. The van der Waals surface area contributed by atoms with Crippen LogP contribution in [0.1, 0.15) is 34.1 Å². The highest BCUT2D eigenvalue weighted by Gasteiger charge is 2.22. The van der Waals surface area contributed by atoms with Gasteiger partial charge in [0.25, 0.3) is 5.91 Å². The summed E-state index contributed by atoms with van der Waals surface area (Å²) in [6.45, 7) is 7.71. The Morgan fingerprint density at radius 2 is 2.11 bits per heavy atom. The molecule has 0 aliphatic heterocycles. The predicted molar refractivity (Wildman–Crippen MR) is 81.2 cm³/mol. The van der Waals surface area contributed by atoms with Crippen LogP contribution < -0.4 is 15.8 Å². The van der Waals surface area contributed by atoms with E-state index in [4.69, 9.17) is 10.5 Å². The number of benzene rings is 1. The summed E-state index contributed by atoms with van der Waals surface area (Å²) < 4.78 is 6.43. The van der Waals surface area contributed by atoms with Crippen LogP contribution in [0.25, 0.3) is 0 Å². The predicted octanol–water partition coefficient (Wildman–Crippen LogP) is 3.10. The average molecular weight is 329 g/mol. The quantitative estimate of drug-likeness (QED) is 0.816. The van der Waals surface area contributed by atoms with Crippen molar-refractivity contribution in [3.63, 3.8) is 0 Å². The highest BCUT2D eigenvalue weighted by atomic mass is 79.9. The average Bonchev–Trinajstić information content (AvgIpc) is 2.26. The number of nitrogen functional groups attached to an aromatic ring is 1. The van der Waals surface area contributed by atoms with Gasteiger partial charge in [-0.05, 0) is 39.3 Å². The molecule has 0 saturated heterocycles. The van der Waals surface area contributed by atoms with Crippen molar-refractivity contribution in [2.75, 3.05) is 5.73 Å². The highest BCUT2D eigenvalue weighted by Crippen LogP contribution is 2.23. The summed E-state index contributed by atoms with van der Waals surface area (Å²) in [7, 11) is 0. The van der Waals surface area contributed by atoms with Crippen LogP contribution in [0.15, 0.2) is 22.7 Å². The first-order chi connectivity index (χ1) is 8.73. The van der Waals surface area contributed by atoms with Gasteiger partial charge in [-0.25, -0.2) is 0 Å². The summed E-state index contributed by atoms with van der Waals surface area (Å²) in [4.78, 5) is 12.0. The fourth-order valence-corrected chi connectivity index (χ4v) is 1.92. The van der Waals surface area contributed by atoms with Crippen molar-refractivity contribution in [1.29, 1.82) is 0 Å². The van der Waals surface area contributed by atoms with E-state index in [0.717, 1.165) is 10.9 Å². The number of amides is 1. The van der Waals surface area contributed by atoms with Gasteiger partial charge >= 0.3 is 0 Å². The van der Waals surface area contributed by atoms with Crippen molar-refractivity contribution in [2.24, 2.45) is 0 Å². The number of carbonyl (C=O) groups is 1. The van der Waals surface area contributed by atoms with Crippen molar-refractivity contribution >= 4 is 27.5 Å². The van der Waals surface area contributed by atoms with E-state index < -0.39 is 6.10 Å². The van der Waals surface area contributed by atoms with Gasteiger partial charge in [0.15, 0.2) is 6.10 Å². The van der Waals surface area contributed by atoms with E-state index in [2.05, 4.69) is 21.2 Å². The molecule has 0 heterocycles. The largest absolute Gasteiger partial charge is 0.481 e. The maximum absolute atomic E-state index is 12.0. The molecule has 0 saturated carbocycles. The first-order valence-corrected chi connectivity index (χ1v) is 7.07. The lowest BCUT2D eigenvalue weighted by Gasteiger charge is -2.26. The number of anilines is 1. The molecular weight excluding hydrogens is 308 g/mol. The molecule has 0 radical (unpaired) electrons. The molecule has 19 heavy (non-hydrogen) atoms. The second-order valence-electron chi connectivity index (χ2n) is 5.21. The molecule has 1 rings (SSSR count). The Kier molecular flexibility index (Phi) is 5.23. The summed E-state index contributed by atoms with van der Waals surface area (Å²) in [6.07, 6.45) is 0.287. The van der Waals surface area contributed by atoms with Gasteiger partial charge in [0.2, 0.25) is 0 Å². The van der Waals surface area contributed by atoms with Crippen LogP contribution in [-0.2, 0) is 4.79 Å². The molecular formula is C14H21BrN2O2. The van der Waals surface area contributed by atoms with Crippen LogP contribution in [0, 0.1) is 0 Å². The van der Waals surface area contributed by atoms with E-state index in [1.165, 1.54) is 0 Å². The molecule has 106 valence electrons. The molecule has 1 amide bonds. The Morgan fingerprint density at radius 3 is 2.63 bits per heavy atom. The minimum absolute atomic E-state index is 0.134. The Morgan fingerprint density at radius 1 is 1.47 bits per heavy atom. The van der Waals surface area contributed by atoms with Crippen molar-refractivity contribution < 1.29 is 9.53 Å². The minimum Gasteiger partial charge on any atom is -0.481 e. The van der Waals surface area contributed by atoms with Gasteiger partial charge in [0.1, 0.15) is 5.75 Å². The summed E-state index contributed by atoms with van der Waals surface area (Å²) in [6, 6.07) is 5.25. The second kappa shape index (κ2) is 6.28. The van der Waals surface area contributed by atoms with Crippen LogP contribution in [-0.4, -0.2) is 17.6 Å². The molecule has 0 bridgehead atoms. The SMILES string of the molecule is CCC(C)(C)NC(=O)C(C)Oc1cc(N)cc(Br)c1. The third-order valence-electron chi connectivity index (χ3n) is 2.92. The Labute approximate surface area is 122 Å². The zero-order chi connectivity index (χ0) is 14.6. The fraction of sp³-hybridized carbons (Fsp3) is 0.500. The smallest absolute Gasteiger partial charge is 0.261 e. The van der Waals surface area contributed by atoms with Crippen molar-refractivity contribution in [1.82, 2.24) is 5.32 Å². The molecule has 4 nitrogen and oxygen atoms in total. The van der Waals surface area contributed by atoms with Crippen molar-refractivity contribution in [3.05, 3.63) is 22.7 Å². The summed E-state index contributed by atoms with van der Waals surface area (Å²) in [5.74, 6) is 0.439. The maximum Gasteiger partial charge on any atom is 0.261 e. The third-order valence-corrected chi connectivity index (χ3v) is 3.38. The van der Waals surface area contributed by atoms with Gasteiger partial charge in [-0.15, -0.1) is 0 Å². The molecule has 1 aromatic rings. The molecule has 5 heteroatoms. The summed E-state index contributed by atoms with van der Waals surface area (Å²) in [5.41, 5.74) is 6.08. The number of nitrogens with two attached hydrogens (primary N) is 1. The van der Waals surface area contributed by atoms with Gasteiger partial charge in [-0.2, -0.15) is 0 Å². The first kappa shape index (κ1) is 15.8. The maximum atomic E-state index is 12.0. The van der Waals surface area contributed by atoms with Crippen molar-refractivity contribution in [2.45, 2.75) is 45.8 Å². The topological polar surface area (TPSA) is 64.3 Å². The molecule has 0 aliphatic rings. The molecule has 0 aromatic heterocycles. The zero-order valence-electron chi connectivity index (χ0n) is 11.8. The highest BCUT2D eigenvalue weighted by molar-refractivity contribution is 9.10. The van der Waals surface area contributed by atoms with Gasteiger partial charge in [-0.3, -0.25) is 4.79 Å². The van der Waals surface area contributed by atoms with Gasteiger partial charge in [0.05, 0.1) is 0 Å². The summed E-state index contributed by atoms with van der Waals surface area (Å²) >= 11 is 3.34. The van der Waals surface area contributed by atoms with Crippen LogP contribution in [0.3, 0.4) is 0 Å². The Bertz CT molecular complexity index is 441. The van der Waals surface area contributed by atoms with E-state index in [1.807, 2.05) is 20.8 Å². The number of halogens is 1. The molecule has 0 aliphatic carbocycles. The monoisotopic (exact) mass is 328 g/mol. The number of rotatable bonds is 5. The van der Waals surface area contributed by atoms with Gasteiger partial charge in [0, 0.05) is 21.8 Å². The number of hydrogen-bond donors (Lipinski definition) is 2. The van der Waals surface area contributed by atoms with E-state index in [9.17, 15) is 4.79 Å². The Balaban J connectivity index is 2.68. The second-order valence-corrected chi connectivity index (χ2v) is 6.12. The zero-order valence-corrected chi connectivity index (χ0v) is 13.4. The standard InChI is InChI=1S/C14H21BrN2O2/c1-5-14(3,4)17-13(18)9(2)19-12-7-10(15)6-11(16)8-12/h6-9H,5,16H2,1-4H3,(H,17,18). The lowest BCUT2D eigenvalue weighted by atomic mass is 10.0. The lowest BCUT2D eigenvalue weighted by Crippen LogP contribution is -2.48. The number of nitrogens with one attached hydrogen (secondary N) is 1. The van der Waals surface area contributed by atoms with Crippen LogP contribution in [0.4, 0.5) is 5.69 Å². The van der Waals surface area contributed by atoms with Crippen LogP contribution in [0.5, 0.6) is 5.75 Å². The fourth-order valence-electron chi connectivity index (χ4n) is 1.43. The molecule has 0 spiro atoms. The van der Waals surface area contributed by atoms with Crippen molar-refractivity contribution in [3.8, 4) is 5.75 Å². The summed E-state index contributed by atoms with van der Waals surface area (Å²) in [5, 5.41) is 2.95. The normalized spacial score (nSPS) is 12.9. The van der Waals surface area contributed by atoms with Gasteiger partial charge in [-0.1, -0.05) is 22.9 Å². The third kappa shape index (κ3) is 5.11. The van der Waals surface area contributed by atoms with E-state index in [1.54, 1.807) is 25.1 Å². The van der Waals surface area contributed by atoms with E-state index in [-0.39, 0.29) is 11.4 Å². The number of carbonyl (C=O) groups excluding carboxylic acids is 1. The minimum atomic E-state index is -0.570. The molecule has 0 fully saturated rings. The van der Waals surface area contributed by atoms with E-state index >= 15 is 0 Å². The van der Waals surface area contributed by atoms with Crippen LogP contribution in [0.2, 0.25) is 0 Å². The molecule has 1 aromatic carbocycles. The van der Waals surface area contributed by atoms with Crippen LogP contribution >= 0.6 is 15.9 Å². The first-order valence-electron chi connectivity index (χ1n) is 6.28. The van der Waals surface area contributed by atoms with Gasteiger partial charge < -0.3 is 15.8 Å². The molecule has 3 N–H and O–H groups in total. The molecule has 1 unspecified atom stereocenters. The molecule has 1 atom stereocenters. The number of ether oxygens (including phenoxy) is 1.